The number of nitrogens with zero attached hydrogens (tertiary/aromatic N) is 1. The fourth-order valence-corrected chi connectivity index (χ4v) is 4.76. The second-order valence-electron chi connectivity index (χ2n) is 7.21. The summed E-state index contributed by atoms with van der Waals surface area (Å²) in [7, 11) is -4.10. The van der Waals surface area contributed by atoms with Gasteiger partial charge in [-0.15, -0.1) is 0 Å². The maximum absolute atomic E-state index is 13.5. The Hall–Kier alpha value is -3.36. The highest BCUT2D eigenvalue weighted by molar-refractivity contribution is 7.92. The number of nitrogens with two attached hydrogens (primary N) is 1. The molecule has 0 radical (unpaired) electrons. The predicted octanol–water partition coefficient (Wildman–Crippen LogP) is 3.89. The summed E-state index contributed by atoms with van der Waals surface area (Å²) in [4.78, 5) is 24.6. The van der Waals surface area contributed by atoms with Crippen LogP contribution in [0.3, 0.4) is 0 Å². The molecular formula is C23H22ClN3O4S. The van der Waals surface area contributed by atoms with Gasteiger partial charge in [0.1, 0.15) is 6.54 Å². The number of para-hydroxylation sites is 1. The summed E-state index contributed by atoms with van der Waals surface area (Å²) in [6, 6.07) is 17.4. The van der Waals surface area contributed by atoms with Crippen molar-refractivity contribution in [2.75, 3.05) is 16.2 Å². The van der Waals surface area contributed by atoms with Crippen molar-refractivity contribution in [2.24, 2.45) is 5.73 Å². The third-order valence-electron chi connectivity index (χ3n) is 4.80. The summed E-state index contributed by atoms with van der Waals surface area (Å²) in [5.41, 5.74) is 7.47. The first-order chi connectivity index (χ1) is 15.1. The maximum atomic E-state index is 13.5. The molecule has 0 heterocycles. The molecule has 0 saturated heterocycles. The van der Waals surface area contributed by atoms with Crippen molar-refractivity contribution in [3.63, 3.8) is 0 Å². The van der Waals surface area contributed by atoms with Gasteiger partial charge in [0.2, 0.25) is 5.91 Å². The van der Waals surface area contributed by atoms with E-state index in [-0.39, 0.29) is 21.8 Å². The van der Waals surface area contributed by atoms with Crippen LogP contribution in [0.4, 0.5) is 11.4 Å². The first-order valence-corrected chi connectivity index (χ1v) is 11.5. The molecule has 3 rings (SSSR count). The van der Waals surface area contributed by atoms with Crippen molar-refractivity contribution in [1.82, 2.24) is 0 Å². The molecule has 0 saturated carbocycles. The largest absolute Gasteiger partial charge is 0.366 e. The molecule has 9 heteroatoms. The second-order valence-corrected chi connectivity index (χ2v) is 9.51. The van der Waals surface area contributed by atoms with Gasteiger partial charge in [-0.25, -0.2) is 8.42 Å². The zero-order valence-corrected chi connectivity index (χ0v) is 19.1. The molecule has 7 nitrogen and oxygen atoms in total. The van der Waals surface area contributed by atoms with Crippen LogP contribution in [0.15, 0.2) is 71.6 Å². The summed E-state index contributed by atoms with van der Waals surface area (Å²) in [6.45, 7) is 3.03. The van der Waals surface area contributed by atoms with Crippen molar-refractivity contribution in [3.05, 3.63) is 88.4 Å². The quantitative estimate of drug-likeness (QED) is 0.544. The Morgan fingerprint density at radius 1 is 1.00 bits per heavy atom. The molecule has 0 aromatic heterocycles. The predicted molar refractivity (Wildman–Crippen MR) is 125 cm³/mol. The van der Waals surface area contributed by atoms with E-state index in [0.717, 1.165) is 9.87 Å². The standard InChI is InChI=1S/C23H22ClN3O4S/c1-15-7-11-18(12-8-15)32(30,31)27(21-13-17(24)10-9-16(21)2)14-22(28)26-20-6-4-3-5-19(20)23(25)29/h3-13H,14H2,1-2H3,(H2,25,29)(H,26,28). The van der Waals surface area contributed by atoms with E-state index in [9.17, 15) is 18.0 Å². The molecule has 3 N–H and O–H groups in total. The minimum absolute atomic E-state index is 0.0350. The number of anilines is 2. The van der Waals surface area contributed by atoms with E-state index in [0.29, 0.717) is 10.6 Å². The molecular weight excluding hydrogens is 450 g/mol. The minimum atomic E-state index is -4.10. The zero-order valence-electron chi connectivity index (χ0n) is 17.5. The highest BCUT2D eigenvalue weighted by Gasteiger charge is 2.29. The van der Waals surface area contributed by atoms with Crippen molar-refractivity contribution in [2.45, 2.75) is 18.7 Å². The number of hydrogen-bond acceptors (Lipinski definition) is 4. The van der Waals surface area contributed by atoms with Crippen LogP contribution in [0.25, 0.3) is 0 Å². The van der Waals surface area contributed by atoms with Crippen LogP contribution in [0.1, 0.15) is 21.5 Å². The summed E-state index contributed by atoms with van der Waals surface area (Å²) in [5, 5.41) is 2.91. The molecule has 2 amide bonds. The van der Waals surface area contributed by atoms with Gasteiger partial charge in [-0.05, 0) is 55.8 Å². The van der Waals surface area contributed by atoms with Crippen LogP contribution < -0.4 is 15.4 Å². The van der Waals surface area contributed by atoms with Gasteiger partial charge in [-0.1, -0.05) is 47.5 Å². The lowest BCUT2D eigenvalue weighted by atomic mass is 10.1. The highest BCUT2D eigenvalue weighted by atomic mass is 35.5. The van der Waals surface area contributed by atoms with Gasteiger partial charge in [0.25, 0.3) is 15.9 Å². The third kappa shape index (κ3) is 5.09. The van der Waals surface area contributed by atoms with Crippen LogP contribution in [-0.4, -0.2) is 26.8 Å². The Balaban J connectivity index is 2.02. The Bertz CT molecular complexity index is 1270. The summed E-state index contributed by atoms with van der Waals surface area (Å²) in [6.07, 6.45) is 0. The smallest absolute Gasteiger partial charge is 0.264 e. The average molecular weight is 472 g/mol. The Morgan fingerprint density at radius 2 is 1.66 bits per heavy atom. The minimum Gasteiger partial charge on any atom is -0.366 e. The summed E-state index contributed by atoms with van der Waals surface area (Å²) in [5.74, 6) is -1.36. The van der Waals surface area contributed by atoms with Gasteiger partial charge in [-0.3, -0.25) is 13.9 Å². The summed E-state index contributed by atoms with van der Waals surface area (Å²) >= 11 is 6.13. The maximum Gasteiger partial charge on any atom is 0.264 e. The normalized spacial score (nSPS) is 11.1. The van der Waals surface area contributed by atoms with Crippen molar-refractivity contribution in [3.8, 4) is 0 Å². The van der Waals surface area contributed by atoms with E-state index in [2.05, 4.69) is 5.32 Å². The van der Waals surface area contributed by atoms with E-state index in [4.69, 9.17) is 17.3 Å². The van der Waals surface area contributed by atoms with Gasteiger partial charge in [0, 0.05) is 5.02 Å². The van der Waals surface area contributed by atoms with Gasteiger partial charge in [0.15, 0.2) is 0 Å². The number of halogens is 1. The molecule has 3 aromatic carbocycles. The first kappa shape index (κ1) is 23.3. The fraction of sp³-hybridized carbons (Fsp3) is 0.130. The van der Waals surface area contributed by atoms with E-state index in [1.165, 1.54) is 30.3 Å². The molecule has 0 aliphatic rings. The lowest BCUT2D eigenvalue weighted by Crippen LogP contribution is -2.38. The Labute approximate surface area is 191 Å². The molecule has 0 aliphatic heterocycles. The fourth-order valence-electron chi connectivity index (χ4n) is 3.12. The van der Waals surface area contributed by atoms with Gasteiger partial charge in [-0.2, -0.15) is 0 Å². The Morgan fingerprint density at radius 3 is 2.31 bits per heavy atom. The SMILES string of the molecule is Cc1ccc(S(=O)(=O)N(CC(=O)Nc2ccccc2C(N)=O)c2cc(Cl)ccc2C)cc1. The summed E-state index contributed by atoms with van der Waals surface area (Å²) < 4.78 is 28.0. The van der Waals surface area contributed by atoms with E-state index >= 15 is 0 Å². The van der Waals surface area contributed by atoms with Crippen LogP contribution in [-0.2, 0) is 14.8 Å². The monoisotopic (exact) mass is 471 g/mol. The third-order valence-corrected chi connectivity index (χ3v) is 6.81. The van der Waals surface area contributed by atoms with Crippen LogP contribution >= 0.6 is 11.6 Å². The molecule has 32 heavy (non-hydrogen) atoms. The van der Waals surface area contributed by atoms with Crippen molar-refractivity contribution < 1.29 is 18.0 Å². The zero-order chi connectivity index (χ0) is 23.5. The number of nitrogens with one attached hydrogen (secondary N) is 1. The molecule has 166 valence electrons. The van der Waals surface area contributed by atoms with Gasteiger partial charge in [0.05, 0.1) is 21.8 Å². The molecule has 0 unspecified atom stereocenters. The molecule has 3 aromatic rings. The van der Waals surface area contributed by atoms with E-state index in [1.54, 1.807) is 43.3 Å². The number of hydrogen-bond donors (Lipinski definition) is 2. The van der Waals surface area contributed by atoms with E-state index in [1.807, 2.05) is 6.92 Å². The lowest BCUT2D eigenvalue weighted by Gasteiger charge is -2.26. The topological polar surface area (TPSA) is 110 Å². The number of aryl methyl sites for hydroxylation is 2. The molecule has 0 bridgehead atoms. The number of sulfonamides is 1. The number of carbonyl (C=O) groups excluding carboxylic acids is 2. The van der Waals surface area contributed by atoms with Crippen molar-refractivity contribution in [1.29, 1.82) is 0 Å². The Kier molecular flexibility index (Phi) is 6.86. The van der Waals surface area contributed by atoms with Crippen LogP contribution in [0.2, 0.25) is 5.02 Å². The van der Waals surface area contributed by atoms with Crippen LogP contribution in [0.5, 0.6) is 0 Å². The van der Waals surface area contributed by atoms with E-state index < -0.39 is 28.4 Å². The number of primary amides is 1. The molecule has 0 fully saturated rings. The van der Waals surface area contributed by atoms with Gasteiger partial charge < -0.3 is 11.1 Å². The number of rotatable bonds is 7. The van der Waals surface area contributed by atoms with Crippen molar-refractivity contribution >= 4 is 44.8 Å². The molecule has 0 spiro atoms. The lowest BCUT2D eigenvalue weighted by molar-refractivity contribution is -0.114. The number of carbonyl (C=O) groups is 2. The van der Waals surface area contributed by atoms with Crippen LogP contribution in [0, 0.1) is 13.8 Å². The average Bonchev–Trinajstić information content (AvgIpc) is 2.74. The second kappa shape index (κ2) is 9.42. The number of amides is 2. The molecule has 0 aliphatic carbocycles. The number of benzene rings is 3. The molecule has 0 atom stereocenters. The van der Waals surface area contributed by atoms with Gasteiger partial charge >= 0.3 is 0 Å². The first-order valence-electron chi connectivity index (χ1n) is 9.64. The highest BCUT2D eigenvalue weighted by Crippen LogP contribution is 2.30.